The zero-order chi connectivity index (χ0) is 14.0. The van der Waals surface area contributed by atoms with E-state index in [1.807, 2.05) is 6.07 Å². The highest BCUT2D eigenvalue weighted by atomic mass is 35.5. The number of benzene rings is 1. The van der Waals surface area contributed by atoms with Gasteiger partial charge in [-0.25, -0.2) is 0 Å². The number of hydrogen-bond acceptors (Lipinski definition) is 3. The molecule has 4 heteroatoms. The van der Waals surface area contributed by atoms with Gasteiger partial charge in [0.1, 0.15) is 0 Å². The van der Waals surface area contributed by atoms with Crippen molar-refractivity contribution < 1.29 is 0 Å². The lowest BCUT2D eigenvalue weighted by Crippen LogP contribution is -2.56. The van der Waals surface area contributed by atoms with Crippen molar-refractivity contribution in [1.29, 1.82) is 0 Å². The van der Waals surface area contributed by atoms with Crippen LogP contribution in [0.25, 0.3) is 0 Å². The molecule has 0 aromatic heterocycles. The maximum Gasteiger partial charge on any atom is 0.0642 e. The molecule has 0 aliphatic heterocycles. The third kappa shape index (κ3) is 2.88. The van der Waals surface area contributed by atoms with Gasteiger partial charge in [0, 0.05) is 25.7 Å². The van der Waals surface area contributed by atoms with Crippen molar-refractivity contribution in [3.8, 4) is 0 Å². The van der Waals surface area contributed by atoms with E-state index in [2.05, 4.69) is 43.1 Å². The molecule has 1 fully saturated rings. The minimum absolute atomic E-state index is 0.310. The SMILES string of the molecule is CN(CC1(N(C)C)CCC1)c1ccc(CN)cc1Cl. The second kappa shape index (κ2) is 5.70. The Balaban J connectivity index is 2.13. The Morgan fingerprint density at radius 1 is 1.26 bits per heavy atom. The molecule has 2 rings (SSSR count). The summed E-state index contributed by atoms with van der Waals surface area (Å²) in [5, 5.41) is 0.790. The first-order chi connectivity index (χ1) is 8.98. The van der Waals surface area contributed by atoms with E-state index in [1.54, 1.807) is 0 Å². The number of halogens is 1. The van der Waals surface area contributed by atoms with Gasteiger partial charge in [0.2, 0.25) is 0 Å². The summed E-state index contributed by atoms with van der Waals surface area (Å²) >= 11 is 6.36. The second-order valence-corrected chi connectivity index (χ2v) is 6.23. The first kappa shape index (κ1) is 14.6. The van der Waals surface area contributed by atoms with Crippen LogP contribution in [0.3, 0.4) is 0 Å². The smallest absolute Gasteiger partial charge is 0.0642 e. The van der Waals surface area contributed by atoms with Crippen molar-refractivity contribution in [2.75, 3.05) is 32.6 Å². The van der Waals surface area contributed by atoms with Gasteiger partial charge in [-0.05, 0) is 51.1 Å². The number of nitrogens with zero attached hydrogens (tertiary/aromatic N) is 2. The molecule has 3 nitrogen and oxygen atoms in total. The van der Waals surface area contributed by atoms with Crippen LogP contribution in [0, 0.1) is 0 Å². The van der Waals surface area contributed by atoms with Gasteiger partial charge in [-0.15, -0.1) is 0 Å². The first-order valence-corrected chi connectivity index (χ1v) is 7.23. The van der Waals surface area contributed by atoms with E-state index in [1.165, 1.54) is 19.3 Å². The van der Waals surface area contributed by atoms with Gasteiger partial charge in [0.25, 0.3) is 0 Å². The largest absolute Gasteiger partial charge is 0.372 e. The molecule has 2 N–H and O–H groups in total. The van der Waals surface area contributed by atoms with E-state index in [0.717, 1.165) is 22.8 Å². The molecule has 0 heterocycles. The van der Waals surface area contributed by atoms with Crippen LogP contribution in [0.1, 0.15) is 24.8 Å². The molecule has 0 atom stereocenters. The van der Waals surface area contributed by atoms with Crippen LogP contribution in [-0.4, -0.2) is 38.1 Å². The Hall–Kier alpha value is -0.770. The molecule has 0 spiro atoms. The summed E-state index contributed by atoms with van der Waals surface area (Å²) in [6, 6.07) is 6.10. The van der Waals surface area contributed by atoms with Crippen LogP contribution >= 0.6 is 11.6 Å². The summed E-state index contributed by atoms with van der Waals surface area (Å²) in [5.74, 6) is 0. The Labute approximate surface area is 121 Å². The summed E-state index contributed by atoms with van der Waals surface area (Å²) < 4.78 is 0. The van der Waals surface area contributed by atoms with Crippen LogP contribution in [0.2, 0.25) is 5.02 Å². The highest BCUT2D eigenvalue weighted by Gasteiger charge is 2.40. The average molecular weight is 282 g/mol. The molecule has 1 aliphatic rings. The maximum absolute atomic E-state index is 6.36. The molecule has 106 valence electrons. The van der Waals surface area contributed by atoms with Crippen molar-refractivity contribution in [2.24, 2.45) is 5.73 Å². The zero-order valence-electron chi connectivity index (χ0n) is 12.1. The molecular formula is C15H24ClN3. The van der Waals surface area contributed by atoms with Crippen molar-refractivity contribution in [3.05, 3.63) is 28.8 Å². The molecular weight excluding hydrogens is 258 g/mol. The van der Waals surface area contributed by atoms with Gasteiger partial charge < -0.3 is 15.5 Å². The Kier molecular flexibility index (Phi) is 4.39. The third-order valence-corrected chi connectivity index (χ3v) is 4.73. The maximum atomic E-state index is 6.36. The van der Waals surface area contributed by atoms with Gasteiger partial charge in [-0.2, -0.15) is 0 Å². The number of hydrogen-bond donors (Lipinski definition) is 1. The Morgan fingerprint density at radius 2 is 1.95 bits per heavy atom. The molecule has 1 aliphatic carbocycles. The predicted molar refractivity (Wildman–Crippen MR) is 82.9 cm³/mol. The molecule has 19 heavy (non-hydrogen) atoms. The van der Waals surface area contributed by atoms with Crippen molar-refractivity contribution in [2.45, 2.75) is 31.3 Å². The molecule has 0 amide bonds. The van der Waals surface area contributed by atoms with Crippen LogP contribution < -0.4 is 10.6 Å². The summed E-state index contributed by atoms with van der Waals surface area (Å²) in [6.07, 6.45) is 3.86. The van der Waals surface area contributed by atoms with Gasteiger partial charge >= 0.3 is 0 Å². The van der Waals surface area contributed by atoms with Crippen LogP contribution in [-0.2, 0) is 6.54 Å². The van der Waals surface area contributed by atoms with Crippen molar-refractivity contribution in [3.63, 3.8) is 0 Å². The fourth-order valence-corrected chi connectivity index (χ4v) is 3.19. The van der Waals surface area contributed by atoms with E-state index in [4.69, 9.17) is 17.3 Å². The molecule has 0 unspecified atom stereocenters. The zero-order valence-corrected chi connectivity index (χ0v) is 12.9. The topological polar surface area (TPSA) is 32.5 Å². The number of nitrogens with two attached hydrogens (primary N) is 1. The van der Waals surface area contributed by atoms with E-state index >= 15 is 0 Å². The standard InChI is InChI=1S/C15H24ClN3/c1-18(2)15(7-4-8-15)11-19(3)14-6-5-12(10-17)9-13(14)16/h5-6,9H,4,7-8,10-11,17H2,1-3H3. The molecule has 0 bridgehead atoms. The second-order valence-electron chi connectivity index (χ2n) is 5.82. The quantitative estimate of drug-likeness (QED) is 0.901. The van der Waals surface area contributed by atoms with Crippen LogP contribution in [0.4, 0.5) is 5.69 Å². The number of likely N-dealkylation sites (N-methyl/N-ethyl adjacent to an activating group) is 2. The summed E-state index contributed by atoms with van der Waals surface area (Å²) in [4.78, 5) is 4.62. The fourth-order valence-electron chi connectivity index (χ4n) is 2.85. The van der Waals surface area contributed by atoms with Gasteiger partial charge in [0.15, 0.2) is 0 Å². The highest BCUT2D eigenvalue weighted by Crippen LogP contribution is 2.38. The summed E-state index contributed by atoms with van der Waals surface area (Å²) in [6.45, 7) is 1.55. The van der Waals surface area contributed by atoms with Gasteiger partial charge in [0.05, 0.1) is 10.7 Å². The van der Waals surface area contributed by atoms with E-state index in [-0.39, 0.29) is 0 Å². The monoisotopic (exact) mass is 281 g/mol. The lowest BCUT2D eigenvalue weighted by atomic mass is 9.75. The van der Waals surface area contributed by atoms with Gasteiger partial charge in [-0.1, -0.05) is 17.7 Å². The molecule has 1 aromatic carbocycles. The minimum atomic E-state index is 0.310. The molecule has 0 radical (unpaired) electrons. The lowest BCUT2D eigenvalue weighted by Gasteiger charge is -2.49. The fraction of sp³-hybridized carbons (Fsp3) is 0.600. The molecule has 1 aromatic rings. The predicted octanol–water partition coefficient (Wildman–Crippen LogP) is 2.72. The third-order valence-electron chi connectivity index (χ3n) is 4.42. The first-order valence-electron chi connectivity index (χ1n) is 6.85. The summed E-state index contributed by atoms with van der Waals surface area (Å²) in [5.41, 5.74) is 8.12. The number of rotatable bonds is 5. The Bertz CT molecular complexity index is 441. The van der Waals surface area contributed by atoms with Crippen LogP contribution in [0.5, 0.6) is 0 Å². The average Bonchev–Trinajstić information content (AvgIpc) is 2.32. The van der Waals surface area contributed by atoms with Crippen molar-refractivity contribution >= 4 is 17.3 Å². The summed E-state index contributed by atoms with van der Waals surface area (Å²) in [7, 11) is 6.46. The lowest BCUT2D eigenvalue weighted by molar-refractivity contribution is 0.0683. The molecule has 0 saturated heterocycles. The minimum Gasteiger partial charge on any atom is -0.372 e. The normalized spacial score (nSPS) is 17.4. The Morgan fingerprint density at radius 3 is 2.37 bits per heavy atom. The van der Waals surface area contributed by atoms with E-state index in [0.29, 0.717) is 12.1 Å². The van der Waals surface area contributed by atoms with E-state index in [9.17, 15) is 0 Å². The van der Waals surface area contributed by atoms with Crippen LogP contribution in [0.15, 0.2) is 18.2 Å². The number of anilines is 1. The van der Waals surface area contributed by atoms with E-state index < -0.39 is 0 Å². The highest BCUT2D eigenvalue weighted by molar-refractivity contribution is 6.33. The molecule has 1 saturated carbocycles. The van der Waals surface area contributed by atoms with Crippen molar-refractivity contribution in [1.82, 2.24) is 4.90 Å². The van der Waals surface area contributed by atoms with Gasteiger partial charge in [-0.3, -0.25) is 0 Å².